The van der Waals surface area contributed by atoms with E-state index in [4.69, 9.17) is 9.47 Å². The molecule has 0 aliphatic heterocycles. The van der Waals surface area contributed by atoms with Crippen molar-refractivity contribution in [3.05, 3.63) is 53.6 Å². The molecule has 148 valence electrons. The summed E-state index contributed by atoms with van der Waals surface area (Å²) < 4.78 is 37.3. The molecule has 0 atom stereocenters. The van der Waals surface area contributed by atoms with Crippen LogP contribution in [0.25, 0.3) is 0 Å². The summed E-state index contributed by atoms with van der Waals surface area (Å²) in [5, 5.41) is 12.5. The van der Waals surface area contributed by atoms with Crippen molar-refractivity contribution in [3.63, 3.8) is 0 Å². The quantitative estimate of drug-likeness (QED) is 0.473. The number of thioether (sulfide) groups is 2. The second-order valence-electron chi connectivity index (χ2n) is 5.62. The zero-order valence-electron chi connectivity index (χ0n) is 15.2. The minimum Gasteiger partial charge on any atom is -0.497 e. The maximum Gasteiger partial charge on any atom is 0.289 e. The third-order valence-corrected chi connectivity index (χ3v) is 5.60. The van der Waals surface area contributed by atoms with Gasteiger partial charge in [0.25, 0.3) is 5.76 Å². The van der Waals surface area contributed by atoms with Gasteiger partial charge in [0, 0.05) is 5.75 Å². The molecular formula is C18H18F2N4O2S2. The van der Waals surface area contributed by atoms with Crippen molar-refractivity contribution in [3.8, 4) is 11.5 Å². The molecule has 0 saturated carbocycles. The molecule has 0 aliphatic carbocycles. The summed E-state index contributed by atoms with van der Waals surface area (Å²) >= 11 is 1.93. The number of ether oxygens (including phenoxy) is 2. The molecule has 0 radical (unpaired) electrons. The molecule has 0 spiro atoms. The van der Waals surface area contributed by atoms with Gasteiger partial charge in [0.05, 0.1) is 25.7 Å². The third-order valence-electron chi connectivity index (χ3n) is 3.80. The summed E-state index contributed by atoms with van der Waals surface area (Å²) in [6.07, 6.45) is 0. The van der Waals surface area contributed by atoms with E-state index in [2.05, 4.69) is 15.5 Å². The number of nitrogens with zero attached hydrogens (tertiary/aromatic N) is 4. The molecule has 0 unspecified atom stereocenters. The summed E-state index contributed by atoms with van der Waals surface area (Å²) in [6.45, 7) is 0.534. The number of hydrogen-bond donors (Lipinski definition) is 0. The Balaban J connectivity index is 1.66. The first kappa shape index (κ1) is 20.4. The smallest absolute Gasteiger partial charge is 0.289 e. The first-order valence-corrected chi connectivity index (χ1v) is 10.1. The van der Waals surface area contributed by atoms with Crippen molar-refractivity contribution in [2.45, 2.75) is 28.1 Å². The van der Waals surface area contributed by atoms with Crippen LogP contribution >= 0.6 is 23.5 Å². The first-order chi connectivity index (χ1) is 13.6. The third kappa shape index (κ3) is 5.35. The second kappa shape index (κ2) is 9.74. The lowest BCUT2D eigenvalue weighted by molar-refractivity contribution is 0.251. The maximum atomic E-state index is 12.6. The number of halogens is 2. The van der Waals surface area contributed by atoms with Crippen LogP contribution in [0, 0.1) is 0 Å². The molecule has 1 heterocycles. The molecule has 0 bridgehead atoms. The highest BCUT2D eigenvalue weighted by Crippen LogP contribution is 2.35. The van der Waals surface area contributed by atoms with E-state index in [-0.39, 0.29) is 0 Å². The summed E-state index contributed by atoms with van der Waals surface area (Å²) in [5.41, 5.74) is 1.98. The number of benzene rings is 2. The summed E-state index contributed by atoms with van der Waals surface area (Å²) in [7, 11) is 3.09. The summed E-state index contributed by atoms with van der Waals surface area (Å²) in [6, 6.07) is 12.9. The lowest BCUT2D eigenvalue weighted by atomic mass is 10.2. The monoisotopic (exact) mass is 424 g/mol. The molecule has 0 aliphatic rings. The second-order valence-corrected chi connectivity index (χ2v) is 7.59. The van der Waals surface area contributed by atoms with Crippen LogP contribution in [0.4, 0.5) is 8.78 Å². The van der Waals surface area contributed by atoms with E-state index in [1.807, 2.05) is 24.3 Å². The topological polar surface area (TPSA) is 62.1 Å². The van der Waals surface area contributed by atoms with Crippen LogP contribution in [0.1, 0.15) is 11.1 Å². The van der Waals surface area contributed by atoms with Gasteiger partial charge in [-0.3, -0.25) is 0 Å². The fourth-order valence-electron chi connectivity index (χ4n) is 2.45. The fourth-order valence-corrected chi connectivity index (χ4v) is 3.86. The molecule has 10 heteroatoms. The molecule has 28 heavy (non-hydrogen) atoms. The molecule has 0 fully saturated rings. The van der Waals surface area contributed by atoms with Crippen molar-refractivity contribution in [1.29, 1.82) is 0 Å². The average molecular weight is 424 g/mol. The zero-order chi connectivity index (χ0) is 19.9. The average Bonchev–Trinajstić information content (AvgIpc) is 3.14. The van der Waals surface area contributed by atoms with E-state index in [1.54, 1.807) is 30.0 Å². The highest BCUT2D eigenvalue weighted by molar-refractivity contribution is 7.99. The molecule has 2 aromatic carbocycles. The Hall–Kier alpha value is -2.33. The Bertz CT molecular complexity index is 907. The minimum absolute atomic E-state index is 0.413. The van der Waals surface area contributed by atoms with Gasteiger partial charge in [0.2, 0.25) is 5.16 Å². The molecule has 3 rings (SSSR count). The van der Waals surface area contributed by atoms with E-state index in [0.717, 1.165) is 16.9 Å². The van der Waals surface area contributed by atoms with Gasteiger partial charge >= 0.3 is 0 Å². The lowest BCUT2D eigenvalue weighted by Crippen LogP contribution is -2.04. The van der Waals surface area contributed by atoms with Crippen LogP contribution in [-0.2, 0) is 12.3 Å². The Morgan fingerprint density at radius 1 is 1.04 bits per heavy atom. The van der Waals surface area contributed by atoms with E-state index >= 15 is 0 Å². The van der Waals surface area contributed by atoms with Gasteiger partial charge in [-0.05, 0) is 45.8 Å². The van der Waals surface area contributed by atoms with Crippen molar-refractivity contribution < 1.29 is 18.3 Å². The van der Waals surface area contributed by atoms with Gasteiger partial charge in [-0.2, -0.15) is 8.78 Å². The van der Waals surface area contributed by atoms with Gasteiger partial charge in [-0.15, -0.1) is 5.10 Å². The normalized spacial score (nSPS) is 11.0. The largest absolute Gasteiger partial charge is 0.497 e. The molecule has 6 nitrogen and oxygen atoms in total. The number of rotatable bonds is 9. The zero-order valence-corrected chi connectivity index (χ0v) is 16.8. The minimum atomic E-state index is -2.49. The summed E-state index contributed by atoms with van der Waals surface area (Å²) in [5.74, 6) is -0.686. The molecular weight excluding hydrogens is 406 g/mol. The molecule has 0 amide bonds. The standard InChI is InChI=1S/C18H18F2N4O2S2/c1-25-14-6-3-12(4-7-14)10-24-18(21-22-23-24)27-11-13-5-8-16(28-17(19)20)15(9-13)26-2/h3-9,17H,10-11H2,1-2H3. The van der Waals surface area contributed by atoms with Crippen LogP contribution in [0.3, 0.4) is 0 Å². The predicted octanol–water partition coefficient (Wildman–Crippen LogP) is 4.35. The van der Waals surface area contributed by atoms with E-state index in [1.165, 1.54) is 18.9 Å². The van der Waals surface area contributed by atoms with Crippen LogP contribution in [0.15, 0.2) is 52.5 Å². The van der Waals surface area contributed by atoms with Gasteiger partial charge in [0.1, 0.15) is 11.5 Å². The predicted molar refractivity (Wildman–Crippen MR) is 104 cm³/mol. The number of aromatic nitrogens is 4. The van der Waals surface area contributed by atoms with Gasteiger partial charge in [0.15, 0.2) is 0 Å². The van der Waals surface area contributed by atoms with Crippen LogP contribution in [-0.4, -0.2) is 40.2 Å². The Labute approximate surface area is 169 Å². The molecule has 3 aromatic rings. The number of tetrazole rings is 1. The van der Waals surface area contributed by atoms with Gasteiger partial charge < -0.3 is 9.47 Å². The Kier molecular flexibility index (Phi) is 7.10. The Morgan fingerprint density at radius 3 is 2.46 bits per heavy atom. The number of hydrogen-bond acceptors (Lipinski definition) is 7. The summed E-state index contributed by atoms with van der Waals surface area (Å²) in [4.78, 5) is 0.413. The van der Waals surface area contributed by atoms with Crippen LogP contribution in [0.2, 0.25) is 0 Å². The van der Waals surface area contributed by atoms with Crippen LogP contribution in [0.5, 0.6) is 11.5 Å². The Morgan fingerprint density at radius 2 is 1.79 bits per heavy atom. The first-order valence-electron chi connectivity index (χ1n) is 8.22. The van der Waals surface area contributed by atoms with Crippen molar-refractivity contribution >= 4 is 23.5 Å². The molecule has 1 aromatic heterocycles. The van der Waals surface area contributed by atoms with Crippen LogP contribution < -0.4 is 9.47 Å². The molecule has 0 N–H and O–H groups in total. The highest BCUT2D eigenvalue weighted by atomic mass is 32.2. The fraction of sp³-hybridized carbons (Fsp3) is 0.278. The van der Waals surface area contributed by atoms with E-state index in [0.29, 0.717) is 39.9 Å². The van der Waals surface area contributed by atoms with E-state index in [9.17, 15) is 8.78 Å². The van der Waals surface area contributed by atoms with E-state index < -0.39 is 5.76 Å². The van der Waals surface area contributed by atoms with Crippen molar-refractivity contribution in [1.82, 2.24) is 20.2 Å². The number of methoxy groups -OCH3 is 2. The highest BCUT2D eigenvalue weighted by Gasteiger charge is 2.13. The lowest BCUT2D eigenvalue weighted by Gasteiger charge is -2.10. The SMILES string of the molecule is COc1ccc(Cn2nnnc2SCc2ccc(SC(F)F)c(OC)c2)cc1. The van der Waals surface area contributed by atoms with Gasteiger partial charge in [-0.25, -0.2) is 4.68 Å². The maximum absolute atomic E-state index is 12.6. The number of alkyl halides is 2. The van der Waals surface area contributed by atoms with Crippen molar-refractivity contribution in [2.24, 2.45) is 0 Å². The molecule has 0 saturated heterocycles. The van der Waals surface area contributed by atoms with Crippen molar-refractivity contribution in [2.75, 3.05) is 14.2 Å². The van der Waals surface area contributed by atoms with Gasteiger partial charge in [-0.1, -0.05) is 41.7 Å².